The fourth-order valence-corrected chi connectivity index (χ4v) is 7.26. The van der Waals surface area contributed by atoms with Crippen LogP contribution in [0.3, 0.4) is 0 Å². The molecule has 6 rings (SSSR count). The number of aldehydes is 1. The number of piperidine rings is 1. The summed E-state index contributed by atoms with van der Waals surface area (Å²) in [5, 5.41) is 1.22. The van der Waals surface area contributed by atoms with Crippen molar-refractivity contribution in [2.75, 3.05) is 34.4 Å². The van der Waals surface area contributed by atoms with Gasteiger partial charge in [0.2, 0.25) is 0 Å². The van der Waals surface area contributed by atoms with Crippen LogP contribution in [0.2, 0.25) is 0 Å². The lowest BCUT2D eigenvalue weighted by atomic mass is 9.63. The fourth-order valence-electron chi connectivity index (χ4n) is 7.26. The van der Waals surface area contributed by atoms with Gasteiger partial charge in [-0.25, -0.2) is 4.79 Å². The van der Waals surface area contributed by atoms with Crippen LogP contribution in [0.15, 0.2) is 42.5 Å². The lowest BCUT2D eigenvalue weighted by Gasteiger charge is -2.52. The molecule has 3 aromatic rings. The van der Waals surface area contributed by atoms with Crippen LogP contribution >= 0.6 is 0 Å². The Morgan fingerprint density at radius 1 is 1.05 bits per heavy atom. The first-order valence-corrected chi connectivity index (χ1v) is 13.7. The molecule has 1 aliphatic carbocycles. The van der Waals surface area contributed by atoms with Gasteiger partial charge in [0.05, 0.1) is 31.7 Å². The van der Waals surface area contributed by atoms with Crippen LogP contribution in [0, 0.1) is 17.8 Å². The molecule has 0 spiro atoms. The van der Waals surface area contributed by atoms with Gasteiger partial charge in [-0.1, -0.05) is 12.1 Å². The van der Waals surface area contributed by atoms with Gasteiger partial charge in [0.15, 0.2) is 0 Å². The van der Waals surface area contributed by atoms with Gasteiger partial charge in [0, 0.05) is 48.4 Å². The van der Waals surface area contributed by atoms with Crippen molar-refractivity contribution in [1.82, 2.24) is 9.88 Å². The third-order valence-electron chi connectivity index (χ3n) is 9.14. The maximum Gasteiger partial charge on any atom is 0.338 e. The summed E-state index contributed by atoms with van der Waals surface area (Å²) >= 11 is 0. The number of aromatic nitrogens is 1. The number of nitrogens with zero attached hydrogens (tertiary/aromatic N) is 1. The summed E-state index contributed by atoms with van der Waals surface area (Å²) in [6.45, 7) is 1.71. The van der Waals surface area contributed by atoms with E-state index in [1.54, 1.807) is 38.5 Å². The number of ether oxygens (including phenoxy) is 4. The van der Waals surface area contributed by atoms with Gasteiger partial charge in [-0.2, -0.15) is 0 Å². The molecule has 0 amide bonds. The fraction of sp³-hybridized carbons (Fsp3) is 0.452. The second kappa shape index (κ2) is 10.7. The molecule has 9 heteroatoms. The van der Waals surface area contributed by atoms with Crippen LogP contribution < -0.4 is 4.74 Å². The number of rotatable bonds is 6. The number of carbonyl (C=O) groups is 3. The number of hydrogen-bond acceptors (Lipinski definition) is 8. The molecule has 1 N–H and O–H groups in total. The highest BCUT2D eigenvalue weighted by molar-refractivity contribution is 5.90. The molecule has 2 aromatic carbocycles. The molecule has 2 aliphatic heterocycles. The van der Waals surface area contributed by atoms with E-state index in [1.807, 2.05) is 12.1 Å². The lowest BCUT2D eigenvalue weighted by Crippen LogP contribution is -2.58. The average molecular weight is 547 g/mol. The standard InChI is InChI=1S/C31H34N2O7/c1-37-20-8-9-21-22-10-11-33-15-19-12-26(40-30(35)18-6-4-17(16-34)5-7-18)29(38-2)27(31(36)39-3)23(19)14-25(33)28(22)32-24(21)13-20/h4-9,13,16,19,23,25-27,29,32H,10-12,14-15H2,1-3H3/t19-,23+,25-,26-,27+,29+/m1/s1. The molecule has 1 aromatic heterocycles. The summed E-state index contributed by atoms with van der Waals surface area (Å²) in [6.07, 6.45) is 1.79. The Morgan fingerprint density at radius 3 is 2.55 bits per heavy atom. The van der Waals surface area contributed by atoms with E-state index in [9.17, 15) is 14.4 Å². The molecular weight excluding hydrogens is 512 g/mol. The second-order valence-electron chi connectivity index (χ2n) is 11.0. The minimum absolute atomic E-state index is 0.00683. The Labute approximate surface area is 232 Å². The van der Waals surface area contributed by atoms with E-state index in [0.29, 0.717) is 17.5 Å². The van der Waals surface area contributed by atoms with Crippen molar-refractivity contribution >= 4 is 29.1 Å². The Kier molecular flexibility index (Phi) is 7.10. The molecule has 2 fully saturated rings. The number of methoxy groups -OCH3 is 3. The van der Waals surface area contributed by atoms with Crippen LogP contribution in [-0.2, 0) is 25.4 Å². The summed E-state index contributed by atoms with van der Waals surface area (Å²) in [7, 11) is 4.62. The third kappa shape index (κ3) is 4.47. The first-order chi connectivity index (χ1) is 19.4. The zero-order valence-electron chi connectivity index (χ0n) is 22.9. The normalized spacial score (nSPS) is 27.7. The zero-order valence-corrected chi connectivity index (χ0v) is 22.9. The number of esters is 2. The number of carbonyl (C=O) groups excluding carboxylic acids is 3. The minimum atomic E-state index is -0.631. The van der Waals surface area contributed by atoms with Gasteiger partial charge in [0.1, 0.15) is 24.2 Å². The minimum Gasteiger partial charge on any atom is -0.497 e. The molecule has 210 valence electrons. The van der Waals surface area contributed by atoms with E-state index < -0.39 is 24.1 Å². The molecule has 9 nitrogen and oxygen atoms in total. The Morgan fingerprint density at radius 2 is 1.85 bits per heavy atom. The molecule has 6 atom stereocenters. The predicted molar refractivity (Wildman–Crippen MR) is 146 cm³/mol. The maximum absolute atomic E-state index is 13.3. The molecule has 1 saturated heterocycles. The summed E-state index contributed by atoms with van der Waals surface area (Å²) in [5.41, 5.74) is 4.42. The first kappa shape index (κ1) is 26.5. The number of hydrogen-bond donors (Lipinski definition) is 1. The van der Waals surface area contributed by atoms with Crippen molar-refractivity contribution in [2.45, 2.75) is 37.5 Å². The summed E-state index contributed by atoms with van der Waals surface area (Å²) in [5.74, 6) is -0.463. The van der Waals surface area contributed by atoms with Crippen molar-refractivity contribution in [2.24, 2.45) is 17.8 Å². The van der Waals surface area contributed by atoms with Crippen LogP contribution in [0.25, 0.3) is 10.9 Å². The van der Waals surface area contributed by atoms with Crippen molar-refractivity contribution in [3.63, 3.8) is 0 Å². The number of nitrogens with one attached hydrogen (secondary N) is 1. The molecule has 40 heavy (non-hydrogen) atoms. The van der Waals surface area contributed by atoms with Crippen LogP contribution in [0.1, 0.15) is 50.9 Å². The lowest BCUT2D eigenvalue weighted by molar-refractivity contribution is -0.176. The van der Waals surface area contributed by atoms with E-state index in [-0.39, 0.29) is 23.8 Å². The molecule has 0 radical (unpaired) electrons. The highest BCUT2D eigenvalue weighted by Gasteiger charge is 2.54. The number of fused-ring (bicyclic) bond motifs is 6. The second-order valence-corrected chi connectivity index (χ2v) is 11.0. The quantitative estimate of drug-likeness (QED) is 0.366. The van der Waals surface area contributed by atoms with E-state index in [4.69, 9.17) is 18.9 Å². The van der Waals surface area contributed by atoms with E-state index in [1.165, 1.54) is 23.8 Å². The van der Waals surface area contributed by atoms with Crippen molar-refractivity contribution in [3.05, 3.63) is 64.8 Å². The Hall–Kier alpha value is -3.69. The van der Waals surface area contributed by atoms with Gasteiger partial charge < -0.3 is 23.9 Å². The van der Waals surface area contributed by atoms with Crippen molar-refractivity contribution in [3.8, 4) is 5.75 Å². The van der Waals surface area contributed by atoms with E-state index >= 15 is 0 Å². The Balaban J connectivity index is 1.29. The van der Waals surface area contributed by atoms with Gasteiger partial charge in [-0.05, 0) is 60.9 Å². The van der Waals surface area contributed by atoms with Gasteiger partial charge in [-0.15, -0.1) is 0 Å². The number of aromatic amines is 1. The zero-order chi connectivity index (χ0) is 28.0. The van der Waals surface area contributed by atoms with Gasteiger partial charge in [0.25, 0.3) is 0 Å². The van der Waals surface area contributed by atoms with Gasteiger partial charge >= 0.3 is 11.9 Å². The highest BCUT2D eigenvalue weighted by Crippen LogP contribution is 2.50. The molecule has 0 bridgehead atoms. The van der Waals surface area contributed by atoms with E-state index in [2.05, 4.69) is 16.0 Å². The predicted octanol–water partition coefficient (Wildman–Crippen LogP) is 3.96. The summed E-state index contributed by atoms with van der Waals surface area (Å²) in [6, 6.07) is 12.6. The SMILES string of the molecule is COC(=O)[C@H]1[C@H]2C[C@@H]3c4[nH]c5cc(OC)ccc5c4CCN3C[C@H]2C[C@@H](OC(=O)c2ccc(C=O)cc2)[C@@H]1OC. The average Bonchev–Trinajstić information content (AvgIpc) is 3.37. The van der Waals surface area contributed by atoms with Crippen molar-refractivity contribution < 1.29 is 33.3 Å². The summed E-state index contributed by atoms with van der Waals surface area (Å²) < 4.78 is 22.6. The first-order valence-electron chi connectivity index (χ1n) is 13.7. The molecular formula is C31H34N2O7. The monoisotopic (exact) mass is 546 g/mol. The van der Waals surface area contributed by atoms with Crippen LogP contribution in [0.4, 0.5) is 0 Å². The number of H-pyrrole nitrogens is 1. The molecule has 3 heterocycles. The highest BCUT2D eigenvalue weighted by atomic mass is 16.6. The Bertz CT molecular complexity index is 1430. The van der Waals surface area contributed by atoms with Crippen LogP contribution in [0.5, 0.6) is 5.75 Å². The topological polar surface area (TPSA) is 107 Å². The number of benzene rings is 2. The van der Waals surface area contributed by atoms with Crippen LogP contribution in [-0.4, -0.2) is 74.7 Å². The third-order valence-corrected chi connectivity index (χ3v) is 9.14. The maximum atomic E-state index is 13.3. The smallest absolute Gasteiger partial charge is 0.338 e. The molecule has 3 aliphatic rings. The largest absolute Gasteiger partial charge is 0.497 e. The van der Waals surface area contributed by atoms with Crippen molar-refractivity contribution in [1.29, 1.82) is 0 Å². The molecule has 1 saturated carbocycles. The summed E-state index contributed by atoms with van der Waals surface area (Å²) in [4.78, 5) is 43.5. The van der Waals surface area contributed by atoms with E-state index in [0.717, 1.165) is 43.5 Å². The molecule has 0 unspecified atom stereocenters. The van der Waals surface area contributed by atoms with Gasteiger partial charge in [-0.3, -0.25) is 14.5 Å².